The molecule has 1 fully saturated rings. The van der Waals surface area contributed by atoms with Gasteiger partial charge in [-0.05, 0) is 31.4 Å². The van der Waals surface area contributed by atoms with Gasteiger partial charge in [0.15, 0.2) is 5.96 Å². The summed E-state index contributed by atoms with van der Waals surface area (Å²) in [6, 6.07) is 8.31. The molecule has 1 aromatic carbocycles. The number of guanidine groups is 1. The summed E-state index contributed by atoms with van der Waals surface area (Å²) < 4.78 is 5.79. The van der Waals surface area contributed by atoms with Gasteiger partial charge in [-0.3, -0.25) is 9.79 Å². The lowest BCUT2D eigenvalue weighted by Crippen LogP contribution is -2.45. The molecular weight excluding hydrogens is 443 g/mol. The van der Waals surface area contributed by atoms with Crippen molar-refractivity contribution in [2.45, 2.75) is 39.2 Å². The van der Waals surface area contributed by atoms with Gasteiger partial charge in [0.25, 0.3) is 0 Å². The minimum absolute atomic E-state index is 0. The molecule has 0 spiro atoms. The van der Waals surface area contributed by atoms with E-state index in [2.05, 4.69) is 15.6 Å². The molecule has 1 aliphatic rings. The molecule has 0 radical (unpaired) electrons. The van der Waals surface area contributed by atoms with Gasteiger partial charge in [0.1, 0.15) is 5.75 Å². The highest BCUT2D eigenvalue weighted by molar-refractivity contribution is 14.0. The summed E-state index contributed by atoms with van der Waals surface area (Å²) >= 11 is 0. The van der Waals surface area contributed by atoms with E-state index in [9.17, 15) is 4.79 Å². The van der Waals surface area contributed by atoms with Crippen LogP contribution in [0.15, 0.2) is 29.3 Å². The zero-order valence-corrected chi connectivity index (χ0v) is 18.3. The number of rotatable bonds is 7. The van der Waals surface area contributed by atoms with Crippen LogP contribution in [0, 0.1) is 6.92 Å². The van der Waals surface area contributed by atoms with Gasteiger partial charge in [0.2, 0.25) is 5.91 Å². The summed E-state index contributed by atoms with van der Waals surface area (Å²) in [5, 5.41) is 6.71. The first kappa shape index (κ1) is 22.5. The fraction of sp³-hybridized carbons (Fsp3) is 0.579. The lowest BCUT2D eigenvalue weighted by Gasteiger charge is -2.18. The van der Waals surface area contributed by atoms with Crippen molar-refractivity contribution in [2.75, 3.05) is 33.3 Å². The van der Waals surface area contributed by atoms with Crippen LogP contribution in [0.1, 0.15) is 31.7 Å². The average Bonchev–Trinajstić information content (AvgIpc) is 3.09. The predicted molar refractivity (Wildman–Crippen MR) is 116 cm³/mol. The van der Waals surface area contributed by atoms with E-state index in [1.165, 1.54) is 0 Å². The second kappa shape index (κ2) is 12.0. The second-order valence-electron chi connectivity index (χ2n) is 6.29. The molecule has 0 aromatic heterocycles. The number of likely N-dealkylation sites (tertiary alicyclic amines) is 1. The third kappa shape index (κ3) is 7.01. The molecule has 1 amide bonds. The van der Waals surface area contributed by atoms with Gasteiger partial charge < -0.3 is 20.3 Å². The molecule has 1 aromatic rings. The number of carbonyl (C=O) groups is 1. The standard InChI is InChI=1S/C19H30N4O2.HI/c1-4-18(24)23-12-10-16(14-23)22-19(20-3)21-11-7-13-25-17-9-6-5-8-15(17)2;/h5-6,8-9,16H,4,7,10-14H2,1-3H3,(H2,20,21,22);1H. The monoisotopic (exact) mass is 474 g/mol. The zero-order chi connectivity index (χ0) is 18.1. The Balaban J connectivity index is 0.00000338. The Morgan fingerprint density at radius 3 is 2.85 bits per heavy atom. The van der Waals surface area contributed by atoms with Crippen molar-refractivity contribution in [3.8, 4) is 5.75 Å². The van der Waals surface area contributed by atoms with Crippen LogP contribution in [-0.4, -0.2) is 56.1 Å². The maximum atomic E-state index is 11.7. The zero-order valence-electron chi connectivity index (χ0n) is 16.0. The SMILES string of the molecule is CCC(=O)N1CCC(NC(=NC)NCCCOc2ccccc2C)C1.I. The van der Waals surface area contributed by atoms with Crippen molar-refractivity contribution < 1.29 is 9.53 Å². The molecule has 6 nitrogen and oxygen atoms in total. The Morgan fingerprint density at radius 2 is 2.15 bits per heavy atom. The third-order valence-electron chi connectivity index (χ3n) is 4.37. The number of aliphatic imine (C=N–C) groups is 1. The normalized spacial score (nSPS) is 16.8. The van der Waals surface area contributed by atoms with E-state index in [4.69, 9.17) is 4.74 Å². The summed E-state index contributed by atoms with van der Waals surface area (Å²) in [5.41, 5.74) is 1.15. The summed E-state index contributed by atoms with van der Waals surface area (Å²) in [4.78, 5) is 17.9. The van der Waals surface area contributed by atoms with Crippen LogP contribution >= 0.6 is 24.0 Å². The van der Waals surface area contributed by atoms with E-state index >= 15 is 0 Å². The molecule has 0 aliphatic carbocycles. The molecule has 2 rings (SSSR count). The first-order valence-electron chi connectivity index (χ1n) is 9.07. The number of ether oxygens (including phenoxy) is 1. The Morgan fingerprint density at radius 1 is 1.38 bits per heavy atom. The van der Waals surface area contributed by atoms with E-state index < -0.39 is 0 Å². The molecule has 1 saturated heterocycles. The smallest absolute Gasteiger partial charge is 0.222 e. The molecule has 146 valence electrons. The number of nitrogens with zero attached hydrogens (tertiary/aromatic N) is 2. The van der Waals surface area contributed by atoms with Gasteiger partial charge in [-0.15, -0.1) is 24.0 Å². The van der Waals surface area contributed by atoms with Crippen LogP contribution in [0.5, 0.6) is 5.75 Å². The van der Waals surface area contributed by atoms with Crippen LogP contribution < -0.4 is 15.4 Å². The van der Waals surface area contributed by atoms with E-state index in [0.717, 1.165) is 49.7 Å². The van der Waals surface area contributed by atoms with Crippen molar-refractivity contribution in [3.63, 3.8) is 0 Å². The minimum atomic E-state index is 0. The molecule has 2 N–H and O–H groups in total. The lowest BCUT2D eigenvalue weighted by molar-refractivity contribution is -0.129. The number of halogens is 1. The van der Waals surface area contributed by atoms with Crippen LogP contribution in [-0.2, 0) is 4.79 Å². The third-order valence-corrected chi connectivity index (χ3v) is 4.37. The van der Waals surface area contributed by atoms with E-state index in [0.29, 0.717) is 13.0 Å². The van der Waals surface area contributed by atoms with Gasteiger partial charge in [0, 0.05) is 39.1 Å². The molecular formula is C19H31IN4O2. The molecule has 1 atom stereocenters. The summed E-state index contributed by atoms with van der Waals surface area (Å²) in [6.45, 7) is 6.98. The number of amides is 1. The summed E-state index contributed by atoms with van der Waals surface area (Å²) in [7, 11) is 1.77. The van der Waals surface area contributed by atoms with Crippen molar-refractivity contribution in [1.82, 2.24) is 15.5 Å². The largest absolute Gasteiger partial charge is 0.493 e. The highest BCUT2D eigenvalue weighted by atomic mass is 127. The molecule has 7 heteroatoms. The van der Waals surface area contributed by atoms with Crippen LogP contribution in [0.4, 0.5) is 0 Å². The Hall–Kier alpha value is -1.51. The molecule has 1 aliphatic heterocycles. The van der Waals surface area contributed by atoms with Gasteiger partial charge in [-0.2, -0.15) is 0 Å². The molecule has 26 heavy (non-hydrogen) atoms. The molecule has 0 bridgehead atoms. The van der Waals surface area contributed by atoms with Gasteiger partial charge in [-0.25, -0.2) is 0 Å². The first-order valence-corrected chi connectivity index (χ1v) is 9.07. The fourth-order valence-corrected chi connectivity index (χ4v) is 2.90. The predicted octanol–water partition coefficient (Wildman–Crippen LogP) is 2.56. The average molecular weight is 474 g/mol. The maximum Gasteiger partial charge on any atom is 0.222 e. The van der Waals surface area contributed by atoms with E-state index in [-0.39, 0.29) is 35.9 Å². The maximum absolute atomic E-state index is 11.7. The Kier molecular flexibility index (Phi) is 10.4. The van der Waals surface area contributed by atoms with Gasteiger partial charge >= 0.3 is 0 Å². The quantitative estimate of drug-likeness (QED) is 0.276. The van der Waals surface area contributed by atoms with Gasteiger partial charge in [-0.1, -0.05) is 25.1 Å². The highest BCUT2D eigenvalue weighted by Crippen LogP contribution is 2.16. The number of hydrogen-bond acceptors (Lipinski definition) is 3. The fourth-order valence-electron chi connectivity index (χ4n) is 2.90. The number of hydrogen-bond donors (Lipinski definition) is 2. The number of para-hydroxylation sites is 1. The summed E-state index contributed by atoms with van der Waals surface area (Å²) in [5.74, 6) is 1.95. The van der Waals surface area contributed by atoms with Crippen molar-refractivity contribution in [2.24, 2.45) is 4.99 Å². The van der Waals surface area contributed by atoms with Crippen LogP contribution in [0.25, 0.3) is 0 Å². The highest BCUT2D eigenvalue weighted by Gasteiger charge is 2.25. The number of benzene rings is 1. The van der Waals surface area contributed by atoms with Gasteiger partial charge in [0.05, 0.1) is 6.61 Å². The van der Waals surface area contributed by atoms with Crippen molar-refractivity contribution in [1.29, 1.82) is 0 Å². The minimum Gasteiger partial charge on any atom is -0.493 e. The number of carbonyl (C=O) groups excluding carboxylic acids is 1. The second-order valence-corrected chi connectivity index (χ2v) is 6.29. The topological polar surface area (TPSA) is 66.0 Å². The van der Waals surface area contributed by atoms with Crippen molar-refractivity contribution in [3.05, 3.63) is 29.8 Å². The first-order chi connectivity index (χ1) is 12.1. The molecule has 1 unspecified atom stereocenters. The molecule has 0 saturated carbocycles. The lowest BCUT2D eigenvalue weighted by atomic mass is 10.2. The van der Waals surface area contributed by atoms with E-state index in [1.807, 2.05) is 43.0 Å². The van der Waals surface area contributed by atoms with Crippen molar-refractivity contribution >= 4 is 35.8 Å². The Labute approximate surface area is 173 Å². The Bertz CT molecular complexity index is 595. The number of aryl methyl sites for hydroxylation is 1. The van der Waals surface area contributed by atoms with Crippen LogP contribution in [0.2, 0.25) is 0 Å². The summed E-state index contributed by atoms with van der Waals surface area (Å²) in [6.07, 6.45) is 2.42. The van der Waals surface area contributed by atoms with E-state index in [1.54, 1.807) is 7.05 Å². The number of nitrogens with one attached hydrogen (secondary N) is 2. The van der Waals surface area contributed by atoms with Crippen LogP contribution in [0.3, 0.4) is 0 Å². The molecule has 1 heterocycles.